The van der Waals surface area contributed by atoms with Crippen molar-refractivity contribution in [2.24, 2.45) is 0 Å². The van der Waals surface area contributed by atoms with Gasteiger partial charge in [0.2, 0.25) is 0 Å². The lowest BCUT2D eigenvalue weighted by atomic mass is 10.2. The van der Waals surface area contributed by atoms with E-state index in [4.69, 9.17) is 4.74 Å². The van der Waals surface area contributed by atoms with Gasteiger partial charge >= 0.3 is 5.97 Å². The number of para-hydroxylation sites is 1. The van der Waals surface area contributed by atoms with E-state index in [2.05, 4.69) is 0 Å². The summed E-state index contributed by atoms with van der Waals surface area (Å²) in [6.45, 7) is 2.00. The van der Waals surface area contributed by atoms with Gasteiger partial charge in [-0.15, -0.1) is 0 Å². The molecule has 2 rings (SSSR count). The van der Waals surface area contributed by atoms with Crippen molar-refractivity contribution >= 4 is 11.8 Å². The number of carbonyl (C=O) groups excluding carboxylic acids is 2. The molecule has 0 fully saturated rings. The van der Waals surface area contributed by atoms with Crippen LogP contribution in [0.4, 0.5) is 0 Å². The molecule has 1 aromatic carbocycles. The molecular weight excluding hydrogens is 242 g/mol. The summed E-state index contributed by atoms with van der Waals surface area (Å²) in [4.78, 5) is 23.4. The Morgan fingerprint density at radius 2 is 1.84 bits per heavy atom. The molecular formula is C15H15NO3. The molecule has 0 aliphatic carbocycles. The highest BCUT2D eigenvalue weighted by molar-refractivity contribution is 6.05. The van der Waals surface area contributed by atoms with Crippen LogP contribution in [0.1, 0.15) is 23.8 Å². The summed E-state index contributed by atoms with van der Waals surface area (Å²) in [5.41, 5.74) is 1.37. The van der Waals surface area contributed by atoms with Crippen LogP contribution in [0.2, 0.25) is 0 Å². The third-order valence-electron chi connectivity index (χ3n) is 2.68. The third-order valence-corrected chi connectivity index (χ3v) is 2.68. The standard InChI is InChI=1S/C15H15NO3/c1-2-19-15(18)11-14(17)13-9-6-10-16(13)12-7-4-3-5-8-12/h3-10H,2,11H2,1H3. The highest BCUT2D eigenvalue weighted by atomic mass is 16.5. The number of aromatic nitrogens is 1. The van der Waals surface area contributed by atoms with E-state index in [0.717, 1.165) is 5.69 Å². The zero-order valence-electron chi connectivity index (χ0n) is 10.7. The van der Waals surface area contributed by atoms with Crippen LogP contribution < -0.4 is 0 Å². The molecule has 1 heterocycles. The van der Waals surface area contributed by atoms with E-state index in [1.54, 1.807) is 29.8 Å². The molecule has 0 unspecified atom stereocenters. The number of hydrogen-bond donors (Lipinski definition) is 0. The van der Waals surface area contributed by atoms with Gasteiger partial charge in [0.1, 0.15) is 6.42 Å². The average molecular weight is 257 g/mol. The summed E-state index contributed by atoms with van der Waals surface area (Å²) in [5, 5.41) is 0. The van der Waals surface area contributed by atoms with Gasteiger partial charge in [-0.25, -0.2) is 0 Å². The maximum Gasteiger partial charge on any atom is 0.313 e. The molecule has 1 aromatic heterocycles. The number of ether oxygens (including phenoxy) is 1. The first-order chi connectivity index (χ1) is 9.22. The van der Waals surface area contributed by atoms with Gasteiger partial charge in [0.25, 0.3) is 0 Å². The van der Waals surface area contributed by atoms with E-state index >= 15 is 0 Å². The molecule has 19 heavy (non-hydrogen) atoms. The van der Waals surface area contributed by atoms with Crippen molar-refractivity contribution in [2.75, 3.05) is 6.61 Å². The van der Waals surface area contributed by atoms with Crippen molar-refractivity contribution < 1.29 is 14.3 Å². The van der Waals surface area contributed by atoms with E-state index in [-0.39, 0.29) is 18.8 Å². The largest absolute Gasteiger partial charge is 0.466 e. The SMILES string of the molecule is CCOC(=O)CC(=O)c1cccn1-c1ccccc1. The summed E-state index contributed by atoms with van der Waals surface area (Å²) in [5.74, 6) is -0.736. The lowest BCUT2D eigenvalue weighted by molar-refractivity contribution is -0.141. The number of esters is 1. The van der Waals surface area contributed by atoms with E-state index < -0.39 is 5.97 Å². The molecule has 0 amide bonds. The van der Waals surface area contributed by atoms with Gasteiger partial charge in [-0.3, -0.25) is 9.59 Å². The highest BCUT2D eigenvalue weighted by Crippen LogP contribution is 2.14. The first-order valence-electron chi connectivity index (χ1n) is 6.14. The number of Topliss-reactive ketones (excluding diaryl/α,β-unsaturated/α-hetero) is 1. The Balaban J connectivity index is 2.20. The Bertz CT molecular complexity index is 572. The van der Waals surface area contributed by atoms with Gasteiger partial charge in [-0.05, 0) is 31.2 Å². The van der Waals surface area contributed by atoms with Gasteiger partial charge in [-0.2, -0.15) is 0 Å². The van der Waals surface area contributed by atoms with Crippen molar-refractivity contribution in [3.05, 3.63) is 54.4 Å². The predicted octanol–water partition coefficient (Wildman–Crippen LogP) is 2.61. The molecule has 0 radical (unpaired) electrons. The molecule has 0 spiro atoms. The molecule has 0 aliphatic heterocycles. The van der Waals surface area contributed by atoms with Crippen molar-refractivity contribution in [1.29, 1.82) is 0 Å². The van der Waals surface area contributed by atoms with Gasteiger partial charge in [0, 0.05) is 11.9 Å². The zero-order chi connectivity index (χ0) is 13.7. The Labute approximate surface area is 111 Å². The summed E-state index contributed by atoms with van der Waals surface area (Å²) in [6.07, 6.45) is 1.57. The molecule has 0 aliphatic rings. The van der Waals surface area contributed by atoms with Crippen LogP contribution in [0, 0.1) is 0 Å². The third kappa shape index (κ3) is 3.10. The average Bonchev–Trinajstić information content (AvgIpc) is 2.89. The minimum Gasteiger partial charge on any atom is -0.466 e. The fraction of sp³-hybridized carbons (Fsp3) is 0.200. The summed E-state index contributed by atoms with van der Waals surface area (Å²) in [6, 6.07) is 13.0. The number of nitrogens with zero attached hydrogens (tertiary/aromatic N) is 1. The molecule has 0 saturated carbocycles. The fourth-order valence-corrected chi connectivity index (χ4v) is 1.86. The molecule has 0 bridgehead atoms. The fourth-order valence-electron chi connectivity index (χ4n) is 1.86. The van der Waals surface area contributed by atoms with Crippen LogP contribution in [0.25, 0.3) is 5.69 Å². The minimum absolute atomic E-state index is 0.231. The molecule has 2 aromatic rings. The van der Waals surface area contributed by atoms with E-state index in [1.807, 2.05) is 30.3 Å². The van der Waals surface area contributed by atoms with Gasteiger partial charge < -0.3 is 9.30 Å². The van der Waals surface area contributed by atoms with E-state index in [9.17, 15) is 9.59 Å². The second kappa shape index (κ2) is 6.00. The van der Waals surface area contributed by atoms with Crippen molar-refractivity contribution in [3.63, 3.8) is 0 Å². The second-order valence-electron chi connectivity index (χ2n) is 4.00. The molecule has 98 valence electrons. The van der Waals surface area contributed by atoms with Crippen LogP contribution in [-0.4, -0.2) is 22.9 Å². The number of hydrogen-bond acceptors (Lipinski definition) is 3. The van der Waals surface area contributed by atoms with Crippen LogP contribution in [0.15, 0.2) is 48.7 Å². The van der Waals surface area contributed by atoms with Gasteiger partial charge in [0.05, 0.1) is 12.3 Å². The van der Waals surface area contributed by atoms with E-state index in [0.29, 0.717) is 5.69 Å². The molecule has 0 saturated heterocycles. The lowest BCUT2D eigenvalue weighted by Crippen LogP contribution is -2.14. The smallest absolute Gasteiger partial charge is 0.313 e. The van der Waals surface area contributed by atoms with E-state index in [1.165, 1.54) is 0 Å². The van der Waals surface area contributed by atoms with Crippen molar-refractivity contribution in [3.8, 4) is 5.69 Å². The zero-order valence-corrected chi connectivity index (χ0v) is 10.7. The van der Waals surface area contributed by atoms with Gasteiger partial charge in [-0.1, -0.05) is 18.2 Å². The van der Waals surface area contributed by atoms with Crippen LogP contribution >= 0.6 is 0 Å². The Morgan fingerprint density at radius 1 is 1.11 bits per heavy atom. The second-order valence-corrected chi connectivity index (χ2v) is 4.00. The highest BCUT2D eigenvalue weighted by Gasteiger charge is 2.16. The van der Waals surface area contributed by atoms with Gasteiger partial charge in [0.15, 0.2) is 5.78 Å². The first kappa shape index (κ1) is 13.1. The Hall–Kier alpha value is -2.36. The van der Waals surface area contributed by atoms with Crippen LogP contribution in [0.3, 0.4) is 0 Å². The summed E-state index contributed by atoms with van der Waals surface area (Å²) in [7, 11) is 0. The predicted molar refractivity (Wildman–Crippen MR) is 71.3 cm³/mol. The van der Waals surface area contributed by atoms with Crippen LogP contribution in [0.5, 0.6) is 0 Å². The maximum absolute atomic E-state index is 12.1. The monoisotopic (exact) mass is 257 g/mol. The van der Waals surface area contributed by atoms with Crippen LogP contribution in [-0.2, 0) is 9.53 Å². The summed E-state index contributed by atoms with van der Waals surface area (Å²) >= 11 is 0. The normalized spacial score (nSPS) is 10.2. The number of rotatable bonds is 5. The molecule has 0 atom stereocenters. The number of benzene rings is 1. The minimum atomic E-state index is -0.492. The molecule has 4 nitrogen and oxygen atoms in total. The Kier molecular flexibility index (Phi) is 4.13. The van der Waals surface area contributed by atoms with Crippen molar-refractivity contribution in [1.82, 2.24) is 4.57 Å². The Morgan fingerprint density at radius 3 is 2.53 bits per heavy atom. The molecule has 4 heteroatoms. The first-order valence-corrected chi connectivity index (χ1v) is 6.14. The number of carbonyl (C=O) groups is 2. The quantitative estimate of drug-likeness (QED) is 0.470. The topological polar surface area (TPSA) is 48.3 Å². The number of ketones is 1. The lowest BCUT2D eigenvalue weighted by Gasteiger charge is -2.08. The summed E-state index contributed by atoms with van der Waals surface area (Å²) < 4.78 is 6.55. The van der Waals surface area contributed by atoms with Crippen molar-refractivity contribution in [2.45, 2.75) is 13.3 Å². The molecule has 0 N–H and O–H groups in total. The maximum atomic E-state index is 12.1.